The van der Waals surface area contributed by atoms with E-state index < -0.39 is 10.0 Å². The molecule has 1 N–H and O–H groups in total. The molecule has 2 aromatic rings. The van der Waals surface area contributed by atoms with Gasteiger partial charge in [0.15, 0.2) is 0 Å². The Morgan fingerprint density at radius 3 is 2.39 bits per heavy atom. The maximum atomic E-state index is 12.7. The Bertz CT molecular complexity index is 1020. The van der Waals surface area contributed by atoms with Gasteiger partial charge in [-0.2, -0.15) is 0 Å². The SMILES string of the molecule is CN1CCN(c2ccc(CNC(=O)c3cccc(N4CCCCS4(=O)=O)c3)cc2)CC1. The fraction of sp³-hybridized carbons (Fsp3) is 0.435. The maximum absolute atomic E-state index is 12.7. The average Bonchev–Trinajstić information content (AvgIpc) is 2.78. The molecule has 31 heavy (non-hydrogen) atoms. The molecule has 2 aromatic carbocycles. The van der Waals surface area contributed by atoms with Crippen molar-refractivity contribution in [3.05, 3.63) is 59.7 Å². The van der Waals surface area contributed by atoms with Gasteiger partial charge in [-0.1, -0.05) is 18.2 Å². The minimum absolute atomic E-state index is 0.160. The number of piperazine rings is 1. The van der Waals surface area contributed by atoms with Crippen LogP contribution < -0.4 is 14.5 Å². The van der Waals surface area contributed by atoms with Crippen molar-refractivity contribution >= 4 is 27.3 Å². The van der Waals surface area contributed by atoms with E-state index in [0.29, 0.717) is 30.8 Å². The van der Waals surface area contributed by atoms with Crippen molar-refractivity contribution in [2.24, 2.45) is 0 Å². The van der Waals surface area contributed by atoms with E-state index in [4.69, 9.17) is 0 Å². The van der Waals surface area contributed by atoms with Crippen molar-refractivity contribution in [3.8, 4) is 0 Å². The molecule has 0 bridgehead atoms. The molecule has 7 nitrogen and oxygen atoms in total. The Hall–Kier alpha value is -2.58. The molecular formula is C23H30N4O3S. The van der Waals surface area contributed by atoms with Crippen LogP contribution in [0.4, 0.5) is 11.4 Å². The van der Waals surface area contributed by atoms with Crippen molar-refractivity contribution < 1.29 is 13.2 Å². The van der Waals surface area contributed by atoms with Crippen LogP contribution in [-0.4, -0.2) is 64.7 Å². The summed E-state index contributed by atoms with van der Waals surface area (Å²) < 4.78 is 26.1. The fourth-order valence-corrected chi connectivity index (χ4v) is 5.69. The summed E-state index contributed by atoms with van der Waals surface area (Å²) in [4.78, 5) is 17.4. The minimum atomic E-state index is -3.30. The summed E-state index contributed by atoms with van der Waals surface area (Å²) >= 11 is 0. The molecule has 2 saturated heterocycles. The molecular weight excluding hydrogens is 412 g/mol. The van der Waals surface area contributed by atoms with Crippen LogP contribution in [0.25, 0.3) is 0 Å². The first-order chi connectivity index (χ1) is 14.9. The van der Waals surface area contributed by atoms with Crippen LogP contribution in [0, 0.1) is 0 Å². The van der Waals surface area contributed by atoms with Crippen molar-refractivity contribution in [1.82, 2.24) is 10.2 Å². The topological polar surface area (TPSA) is 73.0 Å². The second-order valence-electron chi connectivity index (χ2n) is 8.29. The van der Waals surface area contributed by atoms with E-state index in [1.165, 1.54) is 9.99 Å². The lowest BCUT2D eigenvalue weighted by Crippen LogP contribution is -2.44. The highest BCUT2D eigenvalue weighted by Gasteiger charge is 2.26. The van der Waals surface area contributed by atoms with E-state index >= 15 is 0 Å². The van der Waals surface area contributed by atoms with E-state index in [2.05, 4.69) is 34.3 Å². The Labute approximate surface area is 184 Å². The van der Waals surface area contributed by atoms with Gasteiger partial charge in [-0.25, -0.2) is 8.42 Å². The van der Waals surface area contributed by atoms with Crippen LogP contribution in [0.1, 0.15) is 28.8 Å². The maximum Gasteiger partial charge on any atom is 0.251 e. The molecule has 2 aliphatic rings. The Balaban J connectivity index is 1.37. The molecule has 1 amide bonds. The first-order valence-corrected chi connectivity index (χ1v) is 12.4. The first kappa shape index (κ1) is 21.6. The fourth-order valence-electron chi connectivity index (χ4n) is 4.05. The number of hydrogen-bond acceptors (Lipinski definition) is 5. The Morgan fingerprint density at radius 1 is 0.935 bits per heavy atom. The molecule has 0 saturated carbocycles. The van der Waals surface area contributed by atoms with E-state index in [-0.39, 0.29) is 11.7 Å². The van der Waals surface area contributed by atoms with Crippen molar-refractivity contribution in [3.63, 3.8) is 0 Å². The second-order valence-corrected chi connectivity index (χ2v) is 10.3. The zero-order valence-corrected chi connectivity index (χ0v) is 18.8. The van der Waals surface area contributed by atoms with Crippen LogP contribution in [0.15, 0.2) is 48.5 Å². The molecule has 0 aliphatic carbocycles. The number of anilines is 2. The van der Waals surface area contributed by atoms with Crippen molar-refractivity contribution in [1.29, 1.82) is 0 Å². The molecule has 2 fully saturated rings. The number of nitrogens with one attached hydrogen (secondary N) is 1. The van der Waals surface area contributed by atoms with Gasteiger partial charge in [0.05, 0.1) is 11.4 Å². The predicted molar refractivity (Wildman–Crippen MR) is 124 cm³/mol. The number of amides is 1. The summed E-state index contributed by atoms with van der Waals surface area (Å²) in [6, 6.07) is 15.2. The summed E-state index contributed by atoms with van der Waals surface area (Å²) in [6.45, 7) is 5.07. The number of carbonyl (C=O) groups is 1. The van der Waals surface area contributed by atoms with Crippen LogP contribution in [0.2, 0.25) is 0 Å². The zero-order valence-electron chi connectivity index (χ0n) is 18.0. The Kier molecular flexibility index (Phi) is 6.48. The van der Waals surface area contributed by atoms with E-state index in [1.807, 2.05) is 12.1 Å². The highest BCUT2D eigenvalue weighted by Crippen LogP contribution is 2.24. The van der Waals surface area contributed by atoms with Crippen molar-refractivity contribution in [2.45, 2.75) is 19.4 Å². The summed E-state index contributed by atoms with van der Waals surface area (Å²) in [5, 5.41) is 2.94. The molecule has 0 atom stereocenters. The molecule has 166 valence electrons. The number of likely N-dealkylation sites (N-methyl/N-ethyl adjacent to an activating group) is 1. The van der Waals surface area contributed by atoms with Gasteiger partial charge in [0, 0.05) is 50.5 Å². The van der Waals surface area contributed by atoms with E-state index in [0.717, 1.165) is 38.2 Å². The third kappa shape index (κ3) is 5.19. The number of carbonyl (C=O) groups excluding carboxylic acids is 1. The molecule has 0 spiro atoms. The molecule has 0 aromatic heterocycles. The first-order valence-electron chi connectivity index (χ1n) is 10.8. The van der Waals surface area contributed by atoms with Gasteiger partial charge in [0.1, 0.15) is 0 Å². The van der Waals surface area contributed by atoms with Gasteiger partial charge in [-0.05, 0) is 55.8 Å². The zero-order chi connectivity index (χ0) is 21.8. The summed E-state index contributed by atoms with van der Waals surface area (Å²) in [6.07, 6.45) is 1.52. The van der Waals surface area contributed by atoms with Gasteiger partial charge in [-0.3, -0.25) is 9.10 Å². The number of benzene rings is 2. The molecule has 0 radical (unpaired) electrons. The average molecular weight is 443 g/mol. The van der Waals surface area contributed by atoms with Gasteiger partial charge in [0.2, 0.25) is 10.0 Å². The van der Waals surface area contributed by atoms with Crippen LogP contribution >= 0.6 is 0 Å². The van der Waals surface area contributed by atoms with Crippen LogP contribution in [0.3, 0.4) is 0 Å². The second kappa shape index (κ2) is 9.28. The normalized spacial score (nSPS) is 19.3. The molecule has 2 heterocycles. The number of nitrogens with zero attached hydrogens (tertiary/aromatic N) is 3. The third-order valence-electron chi connectivity index (χ3n) is 6.00. The lowest BCUT2D eigenvalue weighted by atomic mass is 10.1. The summed E-state index contributed by atoms with van der Waals surface area (Å²) in [5.74, 6) is -0.0486. The molecule has 0 unspecified atom stereocenters. The van der Waals surface area contributed by atoms with E-state index in [9.17, 15) is 13.2 Å². The largest absolute Gasteiger partial charge is 0.369 e. The molecule has 4 rings (SSSR count). The monoisotopic (exact) mass is 442 g/mol. The smallest absolute Gasteiger partial charge is 0.251 e. The van der Waals surface area contributed by atoms with Gasteiger partial charge in [0.25, 0.3) is 5.91 Å². The third-order valence-corrected chi connectivity index (χ3v) is 7.87. The minimum Gasteiger partial charge on any atom is -0.369 e. The number of rotatable bonds is 5. The number of sulfonamides is 1. The number of hydrogen-bond donors (Lipinski definition) is 1. The molecule has 2 aliphatic heterocycles. The van der Waals surface area contributed by atoms with Gasteiger partial charge in [-0.15, -0.1) is 0 Å². The van der Waals surface area contributed by atoms with E-state index in [1.54, 1.807) is 24.3 Å². The highest BCUT2D eigenvalue weighted by molar-refractivity contribution is 7.92. The summed E-state index contributed by atoms with van der Waals surface area (Å²) in [7, 11) is -1.15. The lowest BCUT2D eigenvalue weighted by Gasteiger charge is -2.34. The highest BCUT2D eigenvalue weighted by atomic mass is 32.2. The quantitative estimate of drug-likeness (QED) is 0.769. The summed E-state index contributed by atoms with van der Waals surface area (Å²) in [5.41, 5.74) is 3.26. The van der Waals surface area contributed by atoms with Crippen molar-refractivity contribution in [2.75, 3.05) is 54.7 Å². The van der Waals surface area contributed by atoms with Gasteiger partial charge < -0.3 is 15.1 Å². The molecule has 8 heteroatoms. The predicted octanol–water partition coefficient (Wildman–Crippen LogP) is 2.30. The van der Waals surface area contributed by atoms with Crippen LogP contribution in [0.5, 0.6) is 0 Å². The standard InChI is InChI=1S/C23H30N4O3S/c1-25-12-14-26(15-13-25)21-9-7-19(8-10-21)18-24-23(28)20-5-4-6-22(17-20)27-11-2-3-16-31(27,29)30/h4-10,17H,2-3,11-16,18H2,1H3,(H,24,28). The lowest BCUT2D eigenvalue weighted by molar-refractivity contribution is 0.0951. The van der Waals surface area contributed by atoms with Crippen LogP contribution in [-0.2, 0) is 16.6 Å². The Morgan fingerprint density at radius 2 is 1.68 bits per heavy atom. The van der Waals surface area contributed by atoms with Gasteiger partial charge >= 0.3 is 0 Å².